The Bertz CT molecular complexity index is 1090. The molecular weight excluding hydrogens is 416 g/mol. The van der Waals surface area contributed by atoms with E-state index in [-0.39, 0.29) is 11.8 Å². The number of carbonyl (C=O) groups excluding carboxylic acids is 2. The molecule has 1 fully saturated rings. The Morgan fingerprint density at radius 1 is 1.15 bits per heavy atom. The summed E-state index contributed by atoms with van der Waals surface area (Å²) in [6.07, 6.45) is 2.95. The summed E-state index contributed by atoms with van der Waals surface area (Å²) in [6, 6.07) is 17.4. The van der Waals surface area contributed by atoms with Crippen molar-refractivity contribution in [2.75, 3.05) is 19.7 Å². The van der Waals surface area contributed by atoms with Gasteiger partial charge in [-0.1, -0.05) is 42.5 Å². The van der Waals surface area contributed by atoms with Crippen LogP contribution >= 0.6 is 0 Å². The molecule has 0 unspecified atom stereocenters. The Labute approximate surface area is 194 Å². The highest BCUT2D eigenvalue weighted by molar-refractivity contribution is 5.97. The van der Waals surface area contributed by atoms with Gasteiger partial charge in [-0.15, -0.1) is 0 Å². The maximum Gasteiger partial charge on any atom is 0.267 e. The molecule has 7 heteroatoms. The summed E-state index contributed by atoms with van der Waals surface area (Å²) in [5.74, 6) is 1.20. The second kappa shape index (κ2) is 10.3. The lowest BCUT2D eigenvalue weighted by Gasteiger charge is -2.32. The Morgan fingerprint density at radius 2 is 1.91 bits per heavy atom. The third kappa shape index (κ3) is 5.42. The molecule has 1 atom stereocenters. The molecule has 2 aromatic carbocycles. The van der Waals surface area contributed by atoms with Gasteiger partial charge in [0.1, 0.15) is 23.0 Å². The van der Waals surface area contributed by atoms with E-state index < -0.39 is 5.91 Å². The molecule has 7 nitrogen and oxygen atoms in total. The van der Waals surface area contributed by atoms with Gasteiger partial charge in [-0.25, -0.2) is 4.98 Å². The molecular formula is C26H30N4O3. The standard InChI is InChI=1S/C26H30N4O3/c1-2-33-21-13-10-18(11-14-21)12-15-22(31)30-16-6-9-20(17-30)26-28-23(24(29-26)25(27)32)19-7-4-3-5-8-19/h3-5,7-8,10-11,13-14,20H,2,6,9,12,15-17H2,1H3,(H2,27,32)(H,28,29)/t20-/m0/s1. The summed E-state index contributed by atoms with van der Waals surface area (Å²) >= 11 is 0. The summed E-state index contributed by atoms with van der Waals surface area (Å²) < 4.78 is 5.48. The third-order valence-electron chi connectivity index (χ3n) is 6.04. The first-order chi connectivity index (χ1) is 16.0. The molecule has 172 valence electrons. The number of carbonyl (C=O) groups is 2. The Balaban J connectivity index is 1.42. The number of piperidine rings is 1. The van der Waals surface area contributed by atoms with Crippen molar-refractivity contribution in [1.29, 1.82) is 0 Å². The third-order valence-corrected chi connectivity index (χ3v) is 6.04. The number of nitrogens with two attached hydrogens (primary N) is 1. The molecule has 2 amide bonds. The fourth-order valence-electron chi connectivity index (χ4n) is 4.32. The lowest BCUT2D eigenvalue weighted by atomic mass is 9.96. The molecule has 0 saturated carbocycles. The van der Waals surface area contributed by atoms with Crippen LogP contribution in [0.25, 0.3) is 11.3 Å². The minimum Gasteiger partial charge on any atom is -0.494 e. The zero-order chi connectivity index (χ0) is 23.2. The van der Waals surface area contributed by atoms with Crippen LogP contribution in [0.3, 0.4) is 0 Å². The van der Waals surface area contributed by atoms with Crippen LogP contribution < -0.4 is 10.5 Å². The Morgan fingerprint density at radius 3 is 2.61 bits per heavy atom. The number of hydrogen-bond donors (Lipinski definition) is 2. The Kier molecular flexibility index (Phi) is 7.07. The molecule has 0 spiro atoms. The first kappa shape index (κ1) is 22.6. The van der Waals surface area contributed by atoms with Gasteiger partial charge >= 0.3 is 0 Å². The van der Waals surface area contributed by atoms with E-state index >= 15 is 0 Å². The van der Waals surface area contributed by atoms with Crippen LogP contribution in [-0.4, -0.2) is 46.4 Å². The molecule has 0 aliphatic carbocycles. The van der Waals surface area contributed by atoms with Gasteiger partial charge in [0.2, 0.25) is 5.91 Å². The van der Waals surface area contributed by atoms with Crippen molar-refractivity contribution in [3.05, 3.63) is 71.7 Å². The molecule has 3 N–H and O–H groups in total. The quantitative estimate of drug-likeness (QED) is 0.548. The molecule has 0 bridgehead atoms. The SMILES string of the molecule is CCOc1ccc(CCC(=O)N2CCC[C@H](c3nc(-c4ccccc4)c(C(N)=O)[nH]3)C2)cc1. The molecule has 1 aromatic heterocycles. The highest BCUT2D eigenvalue weighted by Gasteiger charge is 2.28. The number of rotatable bonds is 8. The van der Waals surface area contributed by atoms with Gasteiger partial charge in [-0.2, -0.15) is 0 Å². The van der Waals surface area contributed by atoms with E-state index in [9.17, 15) is 9.59 Å². The summed E-state index contributed by atoms with van der Waals surface area (Å²) in [5, 5.41) is 0. The number of aromatic nitrogens is 2. The van der Waals surface area contributed by atoms with Gasteiger partial charge in [0.15, 0.2) is 0 Å². The molecule has 2 heterocycles. The molecule has 3 aromatic rings. The molecule has 1 saturated heterocycles. The van der Waals surface area contributed by atoms with Crippen molar-refractivity contribution < 1.29 is 14.3 Å². The van der Waals surface area contributed by atoms with Gasteiger partial charge in [0, 0.05) is 31.0 Å². The number of aromatic amines is 1. The van der Waals surface area contributed by atoms with Gasteiger partial charge in [-0.3, -0.25) is 9.59 Å². The number of benzene rings is 2. The number of primary amides is 1. The van der Waals surface area contributed by atoms with Gasteiger partial charge in [0.05, 0.1) is 6.61 Å². The van der Waals surface area contributed by atoms with Crippen LogP contribution in [0.1, 0.15) is 54.0 Å². The topological polar surface area (TPSA) is 101 Å². The van der Waals surface area contributed by atoms with Crippen LogP contribution in [0.2, 0.25) is 0 Å². The summed E-state index contributed by atoms with van der Waals surface area (Å²) in [6.45, 7) is 3.92. The molecule has 1 aliphatic rings. The van der Waals surface area contributed by atoms with Crippen molar-refractivity contribution in [3.63, 3.8) is 0 Å². The number of imidazole rings is 1. The number of H-pyrrole nitrogens is 1. The van der Waals surface area contributed by atoms with E-state index in [0.29, 0.717) is 43.2 Å². The van der Waals surface area contributed by atoms with Crippen molar-refractivity contribution in [2.45, 2.75) is 38.5 Å². The fraction of sp³-hybridized carbons (Fsp3) is 0.346. The number of aryl methyl sites for hydroxylation is 1. The fourth-order valence-corrected chi connectivity index (χ4v) is 4.32. The summed E-state index contributed by atoms with van der Waals surface area (Å²) in [4.78, 5) is 34.7. The van der Waals surface area contributed by atoms with E-state index in [1.54, 1.807) is 0 Å². The summed E-state index contributed by atoms with van der Waals surface area (Å²) in [5.41, 5.74) is 8.45. The smallest absolute Gasteiger partial charge is 0.267 e. The summed E-state index contributed by atoms with van der Waals surface area (Å²) in [7, 11) is 0. The van der Waals surface area contributed by atoms with Crippen molar-refractivity contribution in [2.24, 2.45) is 5.73 Å². The van der Waals surface area contributed by atoms with Crippen molar-refractivity contribution >= 4 is 11.8 Å². The lowest BCUT2D eigenvalue weighted by molar-refractivity contribution is -0.132. The van der Waals surface area contributed by atoms with E-state index in [1.807, 2.05) is 66.4 Å². The molecule has 1 aliphatic heterocycles. The molecule has 33 heavy (non-hydrogen) atoms. The number of ether oxygens (including phenoxy) is 1. The number of nitrogens with zero attached hydrogens (tertiary/aromatic N) is 2. The normalized spacial score (nSPS) is 15.9. The maximum atomic E-state index is 12.9. The average Bonchev–Trinajstić information content (AvgIpc) is 3.30. The number of amides is 2. The number of nitrogens with one attached hydrogen (secondary N) is 1. The molecule has 4 rings (SSSR count). The highest BCUT2D eigenvalue weighted by Crippen LogP contribution is 2.29. The van der Waals surface area contributed by atoms with Gasteiger partial charge in [-0.05, 0) is 43.9 Å². The highest BCUT2D eigenvalue weighted by atomic mass is 16.5. The first-order valence-electron chi connectivity index (χ1n) is 11.5. The predicted molar refractivity (Wildman–Crippen MR) is 127 cm³/mol. The van der Waals surface area contributed by atoms with Crippen molar-refractivity contribution in [3.8, 4) is 17.0 Å². The van der Waals surface area contributed by atoms with Crippen LogP contribution in [0, 0.1) is 0 Å². The largest absolute Gasteiger partial charge is 0.494 e. The van der Waals surface area contributed by atoms with E-state index in [1.165, 1.54) is 0 Å². The lowest BCUT2D eigenvalue weighted by Crippen LogP contribution is -2.39. The second-order valence-electron chi connectivity index (χ2n) is 8.33. The first-order valence-corrected chi connectivity index (χ1v) is 11.5. The zero-order valence-electron chi connectivity index (χ0n) is 18.9. The predicted octanol–water partition coefficient (Wildman–Crippen LogP) is 3.91. The van der Waals surface area contributed by atoms with Gasteiger partial charge < -0.3 is 20.4 Å². The molecule has 0 radical (unpaired) electrons. The monoisotopic (exact) mass is 446 g/mol. The van der Waals surface area contributed by atoms with Crippen LogP contribution in [0.4, 0.5) is 0 Å². The van der Waals surface area contributed by atoms with Crippen LogP contribution in [0.5, 0.6) is 5.75 Å². The maximum absolute atomic E-state index is 12.9. The van der Waals surface area contributed by atoms with Crippen molar-refractivity contribution in [1.82, 2.24) is 14.9 Å². The van der Waals surface area contributed by atoms with Gasteiger partial charge in [0.25, 0.3) is 5.91 Å². The van der Waals surface area contributed by atoms with E-state index in [0.717, 1.165) is 36.3 Å². The Hall–Kier alpha value is -3.61. The van der Waals surface area contributed by atoms with E-state index in [2.05, 4.69) is 4.98 Å². The van der Waals surface area contributed by atoms with E-state index in [4.69, 9.17) is 15.5 Å². The average molecular weight is 447 g/mol. The number of hydrogen-bond acceptors (Lipinski definition) is 4. The minimum absolute atomic E-state index is 0.0451. The minimum atomic E-state index is -0.535. The zero-order valence-corrected chi connectivity index (χ0v) is 18.9. The number of likely N-dealkylation sites (tertiary alicyclic amines) is 1. The van der Waals surface area contributed by atoms with Crippen LogP contribution in [-0.2, 0) is 11.2 Å². The second-order valence-corrected chi connectivity index (χ2v) is 8.33. The van der Waals surface area contributed by atoms with Crippen LogP contribution in [0.15, 0.2) is 54.6 Å².